The number of likely N-dealkylation sites (N-methyl/N-ethyl adjacent to an activating group) is 1. The molecule has 1 heterocycles. The van der Waals surface area contributed by atoms with E-state index in [0.29, 0.717) is 12.7 Å². The topological polar surface area (TPSA) is 21.7 Å². The summed E-state index contributed by atoms with van der Waals surface area (Å²) in [5, 5.41) is 0. The molecule has 1 aliphatic rings. The highest BCUT2D eigenvalue weighted by atomic mass is 16.5. The zero-order valence-electron chi connectivity index (χ0n) is 7.38. The molecule has 1 aliphatic heterocycles. The third-order valence-electron chi connectivity index (χ3n) is 2.01. The molecule has 0 aromatic rings. The molecule has 1 rings (SSSR count). The summed E-state index contributed by atoms with van der Waals surface area (Å²) >= 11 is 0. The maximum atomic E-state index is 5.48. The van der Waals surface area contributed by atoms with E-state index in [2.05, 4.69) is 11.8 Å². The van der Waals surface area contributed by atoms with Gasteiger partial charge < -0.3 is 9.47 Å². The average Bonchev–Trinajstić information content (AvgIpc) is 1.94. The molecule has 0 aliphatic carbocycles. The van der Waals surface area contributed by atoms with Gasteiger partial charge in [0, 0.05) is 20.2 Å². The maximum Gasteiger partial charge on any atom is 0.0829 e. The first-order chi connectivity index (χ1) is 5.36. The van der Waals surface area contributed by atoms with Crippen LogP contribution in [0, 0.1) is 0 Å². The number of methoxy groups -OCH3 is 1. The molecule has 0 aromatic carbocycles. The van der Waals surface area contributed by atoms with E-state index in [1.807, 2.05) is 0 Å². The number of likely N-dealkylation sites (tertiary alicyclic amines) is 1. The number of hydrogen-bond acceptors (Lipinski definition) is 3. The molecule has 0 atom stereocenters. The quantitative estimate of drug-likeness (QED) is 0.540. The summed E-state index contributed by atoms with van der Waals surface area (Å²) in [6, 6.07) is 0. The minimum absolute atomic E-state index is 0.463. The third kappa shape index (κ3) is 2.77. The van der Waals surface area contributed by atoms with Gasteiger partial charge in [-0.25, -0.2) is 0 Å². The van der Waals surface area contributed by atoms with E-state index in [-0.39, 0.29) is 0 Å². The van der Waals surface area contributed by atoms with Crippen LogP contribution >= 0.6 is 0 Å². The molecule has 0 spiro atoms. The summed E-state index contributed by atoms with van der Waals surface area (Å²) in [7, 11) is 1.70. The predicted molar refractivity (Wildman–Crippen MR) is 43.7 cm³/mol. The van der Waals surface area contributed by atoms with E-state index in [4.69, 9.17) is 9.47 Å². The molecular weight excluding hydrogens is 142 g/mol. The lowest BCUT2D eigenvalue weighted by Crippen LogP contribution is -2.52. The molecule has 0 N–H and O–H groups in total. The predicted octanol–water partition coefficient (Wildman–Crippen LogP) is 0.353. The highest BCUT2D eigenvalue weighted by Gasteiger charge is 2.25. The number of rotatable bonds is 5. The largest absolute Gasteiger partial charge is 0.382 e. The first-order valence-electron chi connectivity index (χ1n) is 4.19. The highest BCUT2D eigenvalue weighted by molar-refractivity contribution is 4.79. The summed E-state index contributed by atoms with van der Waals surface area (Å²) in [5.41, 5.74) is 0. The second kappa shape index (κ2) is 4.70. The van der Waals surface area contributed by atoms with Gasteiger partial charge in [-0.1, -0.05) is 6.92 Å². The van der Waals surface area contributed by atoms with Gasteiger partial charge in [0.15, 0.2) is 0 Å². The molecule has 0 bridgehead atoms. The van der Waals surface area contributed by atoms with Crippen molar-refractivity contribution in [1.82, 2.24) is 4.90 Å². The standard InChI is InChI=1S/C8H17NO2/c1-3-9-6-8(7-9)11-5-4-10-2/h8H,3-7H2,1-2H3. The summed E-state index contributed by atoms with van der Waals surface area (Å²) < 4.78 is 10.4. The lowest BCUT2D eigenvalue weighted by atomic mass is 10.2. The molecule has 0 amide bonds. The normalized spacial score (nSPS) is 20.2. The Hall–Kier alpha value is -0.120. The van der Waals surface area contributed by atoms with Gasteiger partial charge >= 0.3 is 0 Å². The van der Waals surface area contributed by atoms with Gasteiger partial charge in [-0.15, -0.1) is 0 Å². The smallest absolute Gasteiger partial charge is 0.0829 e. The molecule has 0 radical (unpaired) electrons. The van der Waals surface area contributed by atoms with Crippen LogP contribution in [0.2, 0.25) is 0 Å². The summed E-state index contributed by atoms with van der Waals surface area (Å²) in [6.07, 6.45) is 0.463. The van der Waals surface area contributed by atoms with Gasteiger partial charge in [-0.2, -0.15) is 0 Å². The first-order valence-corrected chi connectivity index (χ1v) is 4.19. The summed E-state index contributed by atoms with van der Waals surface area (Å²) in [5.74, 6) is 0. The van der Waals surface area contributed by atoms with Crippen LogP contribution in [-0.4, -0.2) is 51.0 Å². The van der Waals surface area contributed by atoms with Gasteiger partial charge in [0.2, 0.25) is 0 Å². The number of nitrogens with zero attached hydrogens (tertiary/aromatic N) is 1. The molecule has 3 heteroatoms. The van der Waals surface area contributed by atoms with Crippen LogP contribution in [0.25, 0.3) is 0 Å². The van der Waals surface area contributed by atoms with Crippen LogP contribution < -0.4 is 0 Å². The van der Waals surface area contributed by atoms with Gasteiger partial charge in [0.05, 0.1) is 19.3 Å². The molecule has 1 saturated heterocycles. The highest BCUT2D eigenvalue weighted by Crippen LogP contribution is 2.09. The Balaban J connectivity index is 1.88. The van der Waals surface area contributed by atoms with Gasteiger partial charge in [-0.3, -0.25) is 4.90 Å². The minimum atomic E-state index is 0.463. The fourth-order valence-corrected chi connectivity index (χ4v) is 1.18. The Morgan fingerprint density at radius 1 is 1.36 bits per heavy atom. The van der Waals surface area contributed by atoms with Gasteiger partial charge in [0.25, 0.3) is 0 Å². The summed E-state index contributed by atoms with van der Waals surface area (Å²) in [4.78, 5) is 2.36. The van der Waals surface area contributed by atoms with E-state index < -0.39 is 0 Å². The molecule has 0 unspecified atom stereocenters. The third-order valence-corrected chi connectivity index (χ3v) is 2.01. The van der Waals surface area contributed by atoms with Gasteiger partial charge in [-0.05, 0) is 6.54 Å². The molecule has 3 nitrogen and oxygen atoms in total. The van der Waals surface area contributed by atoms with Crippen molar-refractivity contribution in [1.29, 1.82) is 0 Å². The summed E-state index contributed by atoms with van der Waals surface area (Å²) in [6.45, 7) is 6.96. The molecule has 0 aromatic heterocycles. The molecule has 66 valence electrons. The van der Waals surface area contributed by atoms with Crippen molar-refractivity contribution in [3.63, 3.8) is 0 Å². The van der Waals surface area contributed by atoms with Crippen LogP contribution in [-0.2, 0) is 9.47 Å². The van der Waals surface area contributed by atoms with Crippen molar-refractivity contribution >= 4 is 0 Å². The zero-order chi connectivity index (χ0) is 8.10. The zero-order valence-corrected chi connectivity index (χ0v) is 7.38. The van der Waals surface area contributed by atoms with Crippen molar-refractivity contribution in [2.75, 3.05) is 40.0 Å². The Morgan fingerprint density at radius 3 is 2.64 bits per heavy atom. The number of ether oxygens (including phenoxy) is 2. The molecule has 11 heavy (non-hydrogen) atoms. The van der Waals surface area contributed by atoms with E-state index >= 15 is 0 Å². The van der Waals surface area contributed by atoms with E-state index in [1.165, 1.54) is 0 Å². The van der Waals surface area contributed by atoms with Crippen LogP contribution in [0.4, 0.5) is 0 Å². The fourth-order valence-electron chi connectivity index (χ4n) is 1.18. The second-order valence-corrected chi connectivity index (χ2v) is 2.84. The van der Waals surface area contributed by atoms with Crippen molar-refractivity contribution in [3.05, 3.63) is 0 Å². The second-order valence-electron chi connectivity index (χ2n) is 2.84. The van der Waals surface area contributed by atoms with Gasteiger partial charge in [0.1, 0.15) is 0 Å². The van der Waals surface area contributed by atoms with E-state index in [1.54, 1.807) is 7.11 Å². The van der Waals surface area contributed by atoms with Crippen molar-refractivity contribution in [2.24, 2.45) is 0 Å². The Morgan fingerprint density at radius 2 is 2.09 bits per heavy atom. The van der Waals surface area contributed by atoms with Crippen molar-refractivity contribution < 1.29 is 9.47 Å². The van der Waals surface area contributed by atoms with Crippen LogP contribution in [0.5, 0.6) is 0 Å². The minimum Gasteiger partial charge on any atom is -0.382 e. The first kappa shape index (κ1) is 8.97. The SMILES string of the molecule is CCN1CC(OCCOC)C1. The molecule has 0 saturated carbocycles. The average molecular weight is 159 g/mol. The van der Waals surface area contributed by atoms with Crippen LogP contribution in [0.15, 0.2) is 0 Å². The van der Waals surface area contributed by atoms with Crippen LogP contribution in [0.1, 0.15) is 6.92 Å². The lowest BCUT2D eigenvalue weighted by Gasteiger charge is -2.38. The molecular formula is C8H17NO2. The Kier molecular flexibility index (Phi) is 3.83. The van der Waals surface area contributed by atoms with Crippen molar-refractivity contribution in [3.8, 4) is 0 Å². The fraction of sp³-hybridized carbons (Fsp3) is 1.00. The van der Waals surface area contributed by atoms with Crippen molar-refractivity contribution in [2.45, 2.75) is 13.0 Å². The monoisotopic (exact) mass is 159 g/mol. The Bertz CT molecular complexity index is 102. The lowest BCUT2D eigenvalue weighted by molar-refractivity contribution is -0.0648. The van der Waals surface area contributed by atoms with Crippen LogP contribution in [0.3, 0.4) is 0 Å². The maximum absolute atomic E-state index is 5.48. The van der Waals surface area contributed by atoms with E-state index in [0.717, 1.165) is 26.2 Å². The van der Waals surface area contributed by atoms with E-state index in [9.17, 15) is 0 Å². The molecule has 1 fully saturated rings. The Labute approximate surface area is 68.3 Å². The number of hydrogen-bond donors (Lipinski definition) is 0.